The number of rotatable bonds is 4. The summed E-state index contributed by atoms with van der Waals surface area (Å²) in [6.07, 6.45) is 2.25. The van der Waals surface area contributed by atoms with Crippen molar-refractivity contribution in [3.8, 4) is 0 Å². The van der Waals surface area contributed by atoms with Gasteiger partial charge in [0.1, 0.15) is 5.76 Å². The molecule has 0 radical (unpaired) electrons. The van der Waals surface area contributed by atoms with Gasteiger partial charge in [-0.15, -0.1) is 0 Å². The number of aliphatic carboxylic acids is 1. The van der Waals surface area contributed by atoms with Crippen molar-refractivity contribution < 1.29 is 15.0 Å². The van der Waals surface area contributed by atoms with E-state index in [0.717, 1.165) is 12.8 Å². The van der Waals surface area contributed by atoms with E-state index in [-0.39, 0.29) is 11.3 Å². The lowest BCUT2D eigenvalue weighted by Crippen LogP contribution is -2.00. The SMILES string of the molecule is CCCC/C(O)=C(\C)C(=O)O. The van der Waals surface area contributed by atoms with Crippen LogP contribution in [0.1, 0.15) is 33.1 Å². The standard InChI is InChI=1S/C8H14O3/c1-3-4-5-7(9)6(2)8(10)11/h9H,3-5H2,1-2H3,(H,10,11)/b7-6-. The monoisotopic (exact) mass is 158 g/mol. The summed E-state index contributed by atoms with van der Waals surface area (Å²) in [5, 5.41) is 17.6. The van der Waals surface area contributed by atoms with Crippen molar-refractivity contribution >= 4 is 5.97 Å². The van der Waals surface area contributed by atoms with Gasteiger partial charge in [0.25, 0.3) is 0 Å². The van der Waals surface area contributed by atoms with Crippen molar-refractivity contribution in [2.24, 2.45) is 0 Å². The van der Waals surface area contributed by atoms with E-state index < -0.39 is 5.97 Å². The highest BCUT2D eigenvalue weighted by atomic mass is 16.4. The second-order valence-corrected chi connectivity index (χ2v) is 2.48. The van der Waals surface area contributed by atoms with Crippen molar-refractivity contribution in [3.05, 3.63) is 11.3 Å². The summed E-state index contributed by atoms with van der Waals surface area (Å²) >= 11 is 0. The summed E-state index contributed by atoms with van der Waals surface area (Å²) in [7, 11) is 0. The Bertz CT molecular complexity index is 170. The van der Waals surface area contributed by atoms with Crippen molar-refractivity contribution in [2.75, 3.05) is 0 Å². The molecule has 0 aliphatic carbocycles. The van der Waals surface area contributed by atoms with Crippen LogP contribution in [0.15, 0.2) is 11.3 Å². The molecule has 64 valence electrons. The predicted molar refractivity (Wildman–Crippen MR) is 42.5 cm³/mol. The van der Waals surface area contributed by atoms with E-state index in [4.69, 9.17) is 10.2 Å². The van der Waals surface area contributed by atoms with Gasteiger partial charge in [0.15, 0.2) is 0 Å². The zero-order chi connectivity index (χ0) is 8.85. The Hall–Kier alpha value is -0.990. The summed E-state index contributed by atoms with van der Waals surface area (Å²) in [4.78, 5) is 10.3. The molecule has 11 heavy (non-hydrogen) atoms. The molecule has 0 aliphatic heterocycles. The van der Waals surface area contributed by atoms with Crippen LogP contribution in [-0.4, -0.2) is 16.2 Å². The second-order valence-electron chi connectivity index (χ2n) is 2.48. The largest absolute Gasteiger partial charge is 0.512 e. The number of hydrogen-bond donors (Lipinski definition) is 2. The van der Waals surface area contributed by atoms with Crippen LogP contribution in [0, 0.1) is 0 Å². The van der Waals surface area contributed by atoms with Crippen LogP contribution >= 0.6 is 0 Å². The minimum atomic E-state index is -1.04. The quantitative estimate of drug-likeness (QED) is 0.486. The molecule has 0 bridgehead atoms. The highest BCUT2D eigenvalue weighted by Gasteiger charge is 2.06. The molecule has 3 heteroatoms. The van der Waals surface area contributed by atoms with Crippen LogP contribution in [-0.2, 0) is 4.79 Å². The molecule has 2 N–H and O–H groups in total. The minimum Gasteiger partial charge on any atom is -0.512 e. The third-order valence-electron chi connectivity index (χ3n) is 1.52. The number of allylic oxidation sites excluding steroid dienone is 1. The lowest BCUT2D eigenvalue weighted by Gasteiger charge is -2.00. The zero-order valence-electron chi connectivity index (χ0n) is 6.92. The van der Waals surface area contributed by atoms with Crippen molar-refractivity contribution in [3.63, 3.8) is 0 Å². The maximum atomic E-state index is 10.3. The van der Waals surface area contributed by atoms with Gasteiger partial charge < -0.3 is 10.2 Å². The summed E-state index contributed by atoms with van der Waals surface area (Å²) in [6, 6.07) is 0. The Balaban J connectivity index is 4.05. The summed E-state index contributed by atoms with van der Waals surface area (Å²) < 4.78 is 0. The number of aliphatic hydroxyl groups is 1. The lowest BCUT2D eigenvalue weighted by atomic mass is 10.1. The summed E-state index contributed by atoms with van der Waals surface area (Å²) in [6.45, 7) is 3.40. The van der Waals surface area contributed by atoms with Crippen LogP contribution in [0.25, 0.3) is 0 Å². The number of hydrogen-bond acceptors (Lipinski definition) is 2. The van der Waals surface area contributed by atoms with Gasteiger partial charge in [-0.2, -0.15) is 0 Å². The van der Waals surface area contributed by atoms with Gasteiger partial charge in [-0.1, -0.05) is 13.3 Å². The molecule has 0 saturated carbocycles. The smallest absolute Gasteiger partial charge is 0.334 e. The first-order valence-electron chi connectivity index (χ1n) is 3.71. The maximum absolute atomic E-state index is 10.3. The molecule has 0 saturated heterocycles. The fourth-order valence-electron chi connectivity index (χ4n) is 0.655. The van der Waals surface area contributed by atoms with Crippen molar-refractivity contribution in [1.29, 1.82) is 0 Å². The van der Waals surface area contributed by atoms with E-state index in [1.165, 1.54) is 6.92 Å². The average molecular weight is 158 g/mol. The molecular weight excluding hydrogens is 144 g/mol. The van der Waals surface area contributed by atoms with Gasteiger partial charge in [-0.05, 0) is 13.3 Å². The lowest BCUT2D eigenvalue weighted by molar-refractivity contribution is -0.132. The molecule has 3 nitrogen and oxygen atoms in total. The van der Waals surface area contributed by atoms with Gasteiger partial charge >= 0.3 is 5.97 Å². The Morgan fingerprint density at radius 1 is 1.36 bits per heavy atom. The maximum Gasteiger partial charge on any atom is 0.334 e. The third kappa shape index (κ3) is 3.65. The molecule has 0 aromatic rings. The number of carboxylic acids is 1. The Labute approximate surface area is 66.4 Å². The molecular formula is C8H14O3. The number of unbranched alkanes of at least 4 members (excludes halogenated alkanes) is 1. The highest BCUT2D eigenvalue weighted by Crippen LogP contribution is 2.08. The van der Waals surface area contributed by atoms with Gasteiger partial charge in [0, 0.05) is 6.42 Å². The number of carboxylic acid groups (broad SMARTS) is 1. The van der Waals surface area contributed by atoms with Gasteiger partial charge in [-0.25, -0.2) is 4.79 Å². The van der Waals surface area contributed by atoms with Gasteiger partial charge in [0.2, 0.25) is 0 Å². The summed E-state index contributed by atoms with van der Waals surface area (Å²) in [5.41, 5.74) is 0.0541. The normalized spacial score (nSPS) is 12.5. The molecule has 0 aromatic carbocycles. The Morgan fingerprint density at radius 3 is 2.27 bits per heavy atom. The molecule has 0 aliphatic rings. The van der Waals surface area contributed by atoms with E-state index in [2.05, 4.69) is 0 Å². The molecule has 0 fully saturated rings. The van der Waals surface area contributed by atoms with E-state index in [1.54, 1.807) is 0 Å². The van der Waals surface area contributed by atoms with E-state index in [1.807, 2.05) is 6.92 Å². The molecule has 0 amide bonds. The summed E-state index contributed by atoms with van der Waals surface area (Å²) in [5.74, 6) is -1.04. The second kappa shape index (κ2) is 4.77. The average Bonchev–Trinajstić information content (AvgIpc) is 1.98. The number of carbonyl (C=O) groups is 1. The Morgan fingerprint density at radius 2 is 1.91 bits per heavy atom. The molecule has 0 spiro atoms. The third-order valence-corrected chi connectivity index (χ3v) is 1.52. The van der Waals surface area contributed by atoms with Crippen LogP contribution in [0.3, 0.4) is 0 Å². The van der Waals surface area contributed by atoms with E-state index in [0.29, 0.717) is 6.42 Å². The molecule has 0 unspecified atom stereocenters. The zero-order valence-corrected chi connectivity index (χ0v) is 6.92. The van der Waals surface area contributed by atoms with Crippen LogP contribution in [0.4, 0.5) is 0 Å². The van der Waals surface area contributed by atoms with Crippen LogP contribution < -0.4 is 0 Å². The highest BCUT2D eigenvalue weighted by molar-refractivity contribution is 5.86. The molecule has 0 rings (SSSR count). The molecule has 0 atom stereocenters. The first-order chi connectivity index (χ1) is 5.09. The minimum absolute atomic E-state index is 0.000602. The van der Waals surface area contributed by atoms with Gasteiger partial charge in [-0.3, -0.25) is 0 Å². The molecule has 0 aromatic heterocycles. The first-order valence-corrected chi connectivity index (χ1v) is 3.71. The Kier molecular flexibility index (Phi) is 4.34. The van der Waals surface area contributed by atoms with Gasteiger partial charge in [0.05, 0.1) is 5.57 Å². The van der Waals surface area contributed by atoms with Crippen molar-refractivity contribution in [1.82, 2.24) is 0 Å². The molecule has 0 heterocycles. The van der Waals surface area contributed by atoms with Crippen LogP contribution in [0.2, 0.25) is 0 Å². The topological polar surface area (TPSA) is 57.5 Å². The fraction of sp³-hybridized carbons (Fsp3) is 0.625. The number of aliphatic hydroxyl groups excluding tert-OH is 1. The van der Waals surface area contributed by atoms with E-state index in [9.17, 15) is 4.79 Å². The predicted octanol–water partition coefficient (Wildman–Crippen LogP) is 2.09. The first kappa shape index (κ1) is 10.0. The van der Waals surface area contributed by atoms with E-state index >= 15 is 0 Å². The van der Waals surface area contributed by atoms with Crippen molar-refractivity contribution in [2.45, 2.75) is 33.1 Å². The van der Waals surface area contributed by atoms with Crippen LogP contribution in [0.5, 0.6) is 0 Å². The fourth-order valence-corrected chi connectivity index (χ4v) is 0.655.